The molecule has 2 heterocycles. The lowest BCUT2D eigenvalue weighted by Crippen LogP contribution is -2.35. The number of thiophene rings is 1. The summed E-state index contributed by atoms with van der Waals surface area (Å²) >= 11 is 1.41. The summed E-state index contributed by atoms with van der Waals surface area (Å²) in [5.41, 5.74) is 0.743. The average molecular weight is 344 g/mol. The van der Waals surface area contributed by atoms with Gasteiger partial charge in [-0.1, -0.05) is 18.2 Å². The summed E-state index contributed by atoms with van der Waals surface area (Å²) in [5, 5.41) is 14.4. The van der Waals surface area contributed by atoms with E-state index in [4.69, 9.17) is 0 Å². The van der Waals surface area contributed by atoms with Gasteiger partial charge in [-0.05, 0) is 23.6 Å². The lowest BCUT2D eigenvalue weighted by atomic mass is 10.1. The quantitative estimate of drug-likeness (QED) is 0.779. The molecule has 1 aromatic heterocycles. The number of rotatable bonds is 6. The maximum Gasteiger partial charge on any atom is 0.261 e. The number of nitrogens with zero attached hydrogens (tertiary/aromatic N) is 1. The predicted molar refractivity (Wildman–Crippen MR) is 88.7 cm³/mol. The zero-order chi connectivity index (χ0) is 17.1. The molecule has 124 valence electrons. The van der Waals surface area contributed by atoms with Gasteiger partial charge in [-0.15, -0.1) is 11.3 Å². The Labute approximate surface area is 142 Å². The number of nitrogens with one attached hydrogen (secondary N) is 1. The minimum absolute atomic E-state index is 0.00261. The van der Waals surface area contributed by atoms with Crippen LogP contribution in [0, 0.1) is 0 Å². The van der Waals surface area contributed by atoms with Crippen LogP contribution in [-0.2, 0) is 4.79 Å². The molecular weight excluding hydrogens is 328 g/mol. The van der Waals surface area contributed by atoms with Crippen molar-refractivity contribution >= 4 is 29.1 Å². The first kappa shape index (κ1) is 16.4. The van der Waals surface area contributed by atoms with Crippen LogP contribution in [0.3, 0.4) is 0 Å². The lowest BCUT2D eigenvalue weighted by Gasteiger charge is -2.14. The van der Waals surface area contributed by atoms with E-state index < -0.39 is 6.10 Å². The number of aliphatic hydroxyl groups excluding tert-OH is 1. The lowest BCUT2D eigenvalue weighted by molar-refractivity contribution is -0.121. The summed E-state index contributed by atoms with van der Waals surface area (Å²) in [6.07, 6.45) is -0.754. The van der Waals surface area contributed by atoms with Gasteiger partial charge in [0.25, 0.3) is 11.8 Å². The molecule has 2 aromatic rings. The second kappa shape index (κ2) is 6.94. The molecule has 3 rings (SSSR count). The number of hydrogen-bond donors (Lipinski definition) is 2. The summed E-state index contributed by atoms with van der Waals surface area (Å²) in [5.74, 6) is -1.06. The van der Waals surface area contributed by atoms with Crippen LogP contribution in [0.15, 0.2) is 41.8 Å². The number of imide groups is 1. The highest BCUT2D eigenvalue weighted by atomic mass is 32.1. The van der Waals surface area contributed by atoms with Gasteiger partial charge >= 0.3 is 0 Å². The van der Waals surface area contributed by atoms with E-state index in [2.05, 4.69) is 5.32 Å². The van der Waals surface area contributed by atoms with Gasteiger partial charge in [-0.3, -0.25) is 19.3 Å². The molecule has 7 heteroatoms. The van der Waals surface area contributed by atoms with Crippen molar-refractivity contribution in [1.82, 2.24) is 10.2 Å². The van der Waals surface area contributed by atoms with Crippen LogP contribution in [0.4, 0.5) is 0 Å². The molecule has 1 unspecified atom stereocenters. The number of carbonyl (C=O) groups excluding carboxylic acids is 3. The first-order valence-corrected chi connectivity index (χ1v) is 8.39. The molecule has 0 bridgehead atoms. The van der Waals surface area contributed by atoms with E-state index in [0.29, 0.717) is 11.1 Å². The highest BCUT2D eigenvalue weighted by Crippen LogP contribution is 2.22. The Hall–Kier alpha value is -2.51. The predicted octanol–water partition coefficient (Wildman–Crippen LogP) is 1.58. The third-order valence-corrected chi connectivity index (χ3v) is 4.78. The molecule has 3 amide bonds. The van der Waals surface area contributed by atoms with Gasteiger partial charge in [0.1, 0.15) is 6.10 Å². The molecule has 0 radical (unpaired) electrons. The largest absolute Gasteiger partial charge is 0.386 e. The first-order chi connectivity index (χ1) is 11.6. The van der Waals surface area contributed by atoms with Crippen LogP contribution in [0.1, 0.15) is 38.1 Å². The first-order valence-electron chi connectivity index (χ1n) is 7.51. The maximum absolute atomic E-state index is 12.2. The third kappa shape index (κ3) is 3.22. The molecular formula is C17H16N2O4S. The average Bonchev–Trinajstić information content (AvgIpc) is 3.20. The SMILES string of the molecule is O=C(CCN1C(=O)c2ccccc2C1=O)NCC(O)c1cccs1. The van der Waals surface area contributed by atoms with Crippen LogP contribution in [-0.4, -0.2) is 40.8 Å². The van der Waals surface area contributed by atoms with Crippen molar-refractivity contribution in [3.63, 3.8) is 0 Å². The van der Waals surface area contributed by atoms with E-state index in [1.54, 1.807) is 30.3 Å². The Kier molecular flexibility index (Phi) is 4.73. The van der Waals surface area contributed by atoms with Crippen LogP contribution in [0.25, 0.3) is 0 Å². The second-order valence-corrected chi connectivity index (χ2v) is 6.37. The van der Waals surface area contributed by atoms with Gasteiger partial charge < -0.3 is 10.4 Å². The maximum atomic E-state index is 12.2. The smallest absolute Gasteiger partial charge is 0.261 e. The number of carbonyl (C=O) groups is 3. The van der Waals surface area contributed by atoms with Gasteiger partial charge in [-0.2, -0.15) is 0 Å². The monoisotopic (exact) mass is 344 g/mol. The highest BCUT2D eigenvalue weighted by molar-refractivity contribution is 7.10. The summed E-state index contributed by atoms with van der Waals surface area (Å²) in [7, 11) is 0. The second-order valence-electron chi connectivity index (χ2n) is 5.39. The minimum Gasteiger partial charge on any atom is -0.386 e. The Morgan fingerprint density at radius 1 is 1.12 bits per heavy atom. The van der Waals surface area contributed by atoms with E-state index in [1.807, 2.05) is 11.4 Å². The van der Waals surface area contributed by atoms with Gasteiger partial charge in [0.15, 0.2) is 0 Å². The fraction of sp³-hybridized carbons (Fsp3) is 0.235. The van der Waals surface area contributed by atoms with Crippen molar-refractivity contribution in [3.05, 3.63) is 57.8 Å². The molecule has 1 aliphatic rings. The van der Waals surface area contributed by atoms with Gasteiger partial charge in [0.2, 0.25) is 5.91 Å². The van der Waals surface area contributed by atoms with Crippen LogP contribution in [0.5, 0.6) is 0 Å². The summed E-state index contributed by atoms with van der Waals surface area (Å²) in [6.45, 7) is 0.120. The Morgan fingerprint density at radius 2 is 1.79 bits per heavy atom. The Bertz CT molecular complexity index is 738. The summed E-state index contributed by atoms with van der Waals surface area (Å²) in [6, 6.07) is 10.2. The van der Waals surface area contributed by atoms with Crippen molar-refractivity contribution in [2.45, 2.75) is 12.5 Å². The van der Waals surface area contributed by atoms with E-state index in [1.165, 1.54) is 11.3 Å². The van der Waals surface area contributed by atoms with E-state index in [-0.39, 0.29) is 37.2 Å². The van der Waals surface area contributed by atoms with Gasteiger partial charge in [-0.25, -0.2) is 0 Å². The molecule has 1 aromatic carbocycles. The summed E-state index contributed by atoms with van der Waals surface area (Å²) in [4.78, 5) is 38.1. The zero-order valence-corrected chi connectivity index (χ0v) is 13.6. The minimum atomic E-state index is -0.756. The van der Waals surface area contributed by atoms with E-state index in [0.717, 1.165) is 9.78 Å². The normalized spacial score (nSPS) is 14.6. The van der Waals surface area contributed by atoms with E-state index >= 15 is 0 Å². The van der Waals surface area contributed by atoms with Crippen molar-refractivity contribution < 1.29 is 19.5 Å². The highest BCUT2D eigenvalue weighted by Gasteiger charge is 2.34. The van der Waals surface area contributed by atoms with Gasteiger partial charge in [0.05, 0.1) is 11.1 Å². The van der Waals surface area contributed by atoms with Crippen molar-refractivity contribution in [2.24, 2.45) is 0 Å². The third-order valence-electron chi connectivity index (χ3n) is 3.80. The topological polar surface area (TPSA) is 86.7 Å². The zero-order valence-electron chi connectivity index (χ0n) is 12.8. The van der Waals surface area contributed by atoms with Crippen LogP contribution < -0.4 is 5.32 Å². The molecule has 0 saturated carbocycles. The molecule has 2 N–H and O–H groups in total. The fourth-order valence-corrected chi connectivity index (χ4v) is 3.25. The van der Waals surface area contributed by atoms with Crippen LogP contribution >= 0.6 is 11.3 Å². The van der Waals surface area contributed by atoms with Crippen molar-refractivity contribution in [3.8, 4) is 0 Å². The Balaban J connectivity index is 1.50. The van der Waals surface area contributed by atoms with Crippen LogP contribution in [0.2, 0.25) is 0 Å². The molecule has 0 saturated heterocycles. The molecule has 0 spiro atoms. The number of aliphatic hydroxyl groups is 1. The number of hydrogen-bond acceptors (Lipinski definition) is 5. The number of fused-ring (bicyclic) bond motifs is 1. The molecule has 6 nitrogen and oxygen atoms in total. The number of benzene rings is 1. The number of amides is 3. The van der Waals surface area contributed by atoms with Crippen molar-refractivity contribution in [1.29, 1.82) is 0 Å². The fourth-order valence-electron chi connectivity index (χ4n) is 2.54. The summed E-state index contributed by atoms with van der Waals surface area (Å²) < 4.78 is 0. The molecule has 0 aliphatic carbocycles. The standard InChI is InChI=1S/C17H16N2O4S/c20-13(14-6-3-9-24-14)10-18-15(21)7-8-19-16(22)11-4-1-2-5-12(11)17(19)23/h1-6,9,13,20H,7-8,10H2,(H,18,21). The molecule has 0 fully saturated rings. The molecule has 24 heavy (non-hydrogen) atoms. The molecule has 1 aliphatic heterocycles. The van der Waals surface area contributed by atoms with Gasteiger partial charge in [0, 0.05) is 24.4 Å². The van der Waals surface area contributed by atoms with E-state index in [9.17, 15) is 19.5 Å². The van der Waals surface area contributed by atoms with Crippen molar-refractivity contribution in [2.75, 3.05) is 13.1 Å². The molecule has 1 atom stereocenters. The Morgan fingerprint density at radius 3 is 2.38 bits per heavy atom.